The lowest BCUT2D eigenvalue weighted by Crippen LogP contribution is -1.97. The van der Waals surface area contributed by atoms with Crippen molar-refractivity contribution in [2.75, 3.05) is 5.73 Å². The van der Waals surface area contributed by atoms with Crippen LogP contribution < -0.4 is 11.5 Å². The molecule has 0 spiro atoms. The van der Waals surface area contributed by atoms with Gasteiger partial charge in [0, 0.05) is 27.7 Å². The predicted molar refractivity (Wildman–Crippen MR) is 97.0 cm³/mol. The van der Waals surface area contributed by atoms with Gasteiger partial charge in [-0.3, -0.25) is 0 Å². The Morgan fingerprint density at radius 2 is 1.91 bits per heavy atom. The number of aromatic amines is 1. The molecular weight excluding hydrogens is 286 g/mol. The molecule has 1 heterocycles. The van der Waals surface area contributed by atoms with Crippen molar-refractivity contribution in [2.45, 2.75) is 19.8 Å². The molecule has 0 atom stereocenters. The standard InChI is InChI=1S/C19H21N3O/c1-11(2)12-7-8-17-14(9-12)15(19(21)22-17)10-16(20)13-5-3-4-6-18(13)23/h3-11,22-23H,20-21H2,1-2H3/b16-10-. The number of anilines is 1. The highest BCUT2D eigenvalue weighted by Crippen LogP contribution is 2.31. The summed E-state index contributed by atoms with van der Waals surface area (Å²) in [7, 11) is 0. The van der Waals surface area contributed by atoms with Crippen molar-refractivity contribution in [1.29, 1.82) is 0 Å². The summed E-state index contributed by atoms with van der Waals surface area (Å²) in [5.74, 6) is 1.16. The number of phenols is 1. The van der Waals surface area contributed by atoms with Gasteiger partial charge in [0.15, 0.2) is 0 Å². The highest BCUT2D eigenvalue weighted by molar-refractivity contribution is 5.99. The van der Waals surface area contributed by atoms with E-state index >= 15 is 0 Å². The molecule has 118 valence electrons. The smallest absolute Gasteiger partial charge is 0.124 e. The van der Waals surface area contributed by atoms with Crippen LogP contribution in [0.25, 0.3) is 22.7 Å². The number of fused-ring (bicyclic) bond motifs is 1. The number of rotatable bonds is 3. The van der Waals surface area contributed by atoms with Gasteiger partial charge in [-0.25, -0.2) is 0 Å². The molecule has 0 aliphatic heterocycles. The van der Waals surface area contributed by atoms with Gasteiger partial charge in [-0.15, -0.1) is 0 Å². The Kier molecular flexibility index (Phi) is 3.74. The van der Waals surface area contributed by atoms with E-state index in [1.165, 1.54) is 5.56 Å². The van der Waals surface area contributed by atoms with Gasteiger partial charge in [0.2, 0.25) is 0 Å². The first-order valence-corrected chi connectivity index (χ1v) is 7.64. The minimum atomic E-state index is 0.155. The van der Waals surface area contributed by atoms with Crippen LogP contribution in [0.3, 0.4) is 0 Å². The predicted octanol–water partition coefficient (Wildman–Crippen LogP) is 4.04. The quantitative estimate of drug-likeness (QED) is 0.589. The molecule has 0 saturated carbocycles. The van der Waals surface area contributed by atoms with E-state index in [1.807, 2.05) is 18.2 Å². The van der Waals surface area contributed by atoms with Crippen LogP contribution in [-0.2, 0) is 0 Å². The van der Waals surface area contributed by atoms with Gasteiger partial charge in [0.1, 0.15) is 11.6 Å². The normalized spacial score (nSPS) is 12.2. The van der Waals surface area contributed by atoms with Gasteiger partial charge in [-0.05, 0) is 41.8 Å². The number of aromatic nitrogens is 1. The minimum Gasteiger partial charge on any atom is -0.507 e. The van der Waals surface area contributed by atoms with Gasteiger partial charge in [0.25, 0.3) is 0 Å². The van der Waals surface area contributed by atoms with E-state index in [1.54, 1.807) is 18.2 Å². The highest BCUT2D eigenvalue weighted by atomic mass is 16.3. The van der Waals surface area contributed by atoms with Crippen LogP contribution in [0, 0.1) is 0 Å². The Hall–Kier alpha value is -2.88. The van der Waals surface area contributed by atoms with E-state index in [0.717, 1.165) is 16.5 Å². The Labute approximate surface area is 135 Å². The Bertz CT molecular complexity index is 891. The number of H-pyrrole nitrogens is 1. The molecule has 0 aliphatic carbocycles. The number of hydrogen-bond donors (Lipinski definition) is 4. The van der Waals surface area contributed by atoms with E-state index in [9.17, 15) is 5.11 Å². The molecule has 0 saturated heterocycles. The van der Waals surface area contributed by atoms with Crippen LogP contribution in [-0.4, -0.2) is 10.1 Å². The van der Waals surface area contributed by atoms with Crippen molar-refractivity contribution < 1.29 is 5.11 Å². The van der Waals surface area contributed by atoms with Crippen molar-refractivity contribution in [2.24, 2.45) is 5.73 Å². The fraction of sp³-hybridized carbons (Fsp3) is 0.158. The second kappa shape index (κ2) is 5.72. The first-order chi connectivity index (χ1) is 11.0. The number of para-hydroxylation sites is 1. The molecule has 23 heavy (non-hydrogen) atoms. The third kappa shape index (κ3) is 2.75. The zero-order chi connectivity index (χ0) is 16.6. The number of nitrogens with one attached hydrogen (secondary N) is 1. The SMILES string of the molecule is CC(C)c1ccc2[nH]c(N)c(/C=C(\N)c3ccccc3O)c2c1. The number of nitrogen functional groups attached to an aromatic ring is 1. The van der Waals surface area contributed by atoms with Crippen molar-refractivity contribution in [1.82, 2.24) is 4.98 Å². The molecular formula is C19H21N3O. The second-order valence-corrected chi connectivity index (χ2v) is 6.03. The van der Waals surface area contributed by atoms with E-state index in [-0.39, 0.29) is 5.75 Å². The van der Waals surface area contributed by atoms with Crippen LogP contribution in [0.1, 0.15) is 36.5 Å². The summed E-state index contributed by atoms with van der Waals surface area (Å²) in [6.45, 7) is 4.31. The summed E-state index contributed by atoms with van der Waals surface area (Å²) in [5, 5.41) is 11.0. The lowest BCUT2D eigenvalue weighted by atomic mass is 9.99. The van der Waals surface area contributed by atoms with Gasteiger partial charge in [-0.2, -0.15) is 0 Å². The molecule has 3 rings (SSSR count). The summed E-state index contributed by atoms with van der Waals surface area (Å²) < 4.78 is 0. The van der Waals surface area contributed by atoms with Gasteiger partial charge in [0.05, 0.1) is 0 Å². The Balaban J connectivity index is 2.15. The lowest BCUT2D eigenvalue weighted by Gasteiger charge is -2.06. The third-order valence-electron chi connectivity index (χ3n) is 4.07. The Morgan fingerprint density at radius 1 is 1.17 bits per heavy atom. The lowest BCUT2D eigenvalue weighted by molar-refractivity contribution is 0.473. The summed E-state index contributed by atoms with van der Waals surface area (Å²) in [5.41, 5.74) is 16.4. The van der Waals surface area contributed by atoms with Crippen LogP contribution in [0.5, 0.6) is 5.75 Å². The summed E-state index contributed by atoms with van der Waals surface area (Å²) in [6.07, 6.45) is 1.81. The Morgan fingerprint density at radius 3 is 2.61 bits per heavy atom. The monoisotopic (exact) mass is 307 g/mol. The highest BCUT2D eigenvalue weighted by Gasteiger charge is 2.11. The molecule has 0 unspecified atom stereocenters. The molecule has 0 amide bonds. The molecule has 3 aromatic rings. The molecule has 4 heteroatoms. The average molecular weight is 307 g/mol. The zero-order valence-electron chi connectivity index (χ0n) is 13.3. The number of aromatic hydroxyl groups is 1. The van der Waals surface area contributed by atoms with E-state index in [4.69, 9.17) is 11.5 Å². The van der Waals surface area contributed by atoms with Crippen LogP contribution in [0.2, 0.25) is 0 Å². The van der Waals surface area contributed by atoms with E-state index < -0.39 is 0 Å². The third-order valence-corrected chi connectivity index (χ3v) is 4.07. The minimum absolute atomic E-state index is 0.155. The molecule has 4 nitrogen and oxygen atoms in total. The number of benzene rings is 2. The molecule has 1 aromatic heterocycles. The maximum Gasteiger partial charge on any atom is 0.124 e. The summed E-state index contributed by atoms with van der Waals surface area (Å²) in [6, 6.07) is 13.3. The van der Waals surface area contributed by atoms with E-state index in [2.05, 4.69) is 31.0 Å². The second-order valence-electron chi connectivity index (χ2n) is 6.03. The zero-order valence-corrected chi connectivity index (χ0v) is 13.3. The summed E-state index contributed by atoms with van der Waals surface area (Å²) in [4.78, 5) is 3.18. The molecule has 0 radical (unpaired) electrons. The molecule has 2 aromatic carbocycles. The van der Waals surface area contributed by atoms with Gasteiger partial charge in [-0.1, -0.05) is 32.0 Å². The molecule has 6 N–H and O–H groups in total. The molecule has 0 bridgehead atoms. The number of phenolic OH excluding ortho intramolecular Hbond substituents is 1. The average Bonchev–Trinajstić information content (AvgIpc) is 2.83. The van der Waals surface area contributed by atoms with Crippen molar-refractivity contribution in [3.8, 4) is 5.75 Å². The maximum atomic E-state index is 9.95. The topological polar surface area (TPSA) is 88.1 Å². The van der Waals surface area contributed by atoms with Crippen LogP contribution in [0.15, 0.2) is 42.5 Å². The maximum absolute atomic E-state index is 9.95. The van der Waals surface area contributed by atoms with Crippen LogP contribution in [0.4, 0.5) is 5.82 Å². The van der Waals surface area contributed by atoms with Crippen molar-refractivity contribution >= 4 is 28.5 Å². The first-order valence-electron chi connectivity index (χ1n) is 7.64. The summed E-state index contributed by atoms with van der Waals surface area (Å²) >= 11 is 0. The van der Waals surface area contributed by atoms with Crippen molar-refractivity contribution in [3.63, 3.8) is 0 Å². The number of hydrogen-bond acceptors (Lipinski definition) is 3. The van der Waals surface area contributed by atoms with E-state index in [0.29, 0.717) is 23.0 Å². The fourth-order valence-corrected chi connectivity index (χ4v) is 2.72. The number of nitrogens with two attached hydrogens (primary N) is 2. The van der Waals surface area contributed by atoms with Crippen LogP contribution >= 0.6 is 0 Å². The van der Waals surface area contributed by atoms with Gasteiger partial charge >= 0.3 is 0 Å². The molecule has 0 aliphatic rings. The largest absolute Gasteiger partial charge is 0.507 e. The fourth-order valence-electron chi connectivity index (χ4n) is 2.72. The first kappa shape index (κ1) is 15.0. The van der Waals surface area contributed by atoms with Crippen molar-refractivity contribution in [3.05, 3.63) is 59.2 Å². The molecule has 0 fully saturated rings. The van der Waals surface area contributed by atoms with Gasteiger partial charge < -0.3 is 21.6 Å².